The van der Waals surface area contributed by atoms with Crippen LogP contribution in [-0.2, 0) is 22.4 Å². The zero-order valence-corrected chi connectivity index (χ0v) is 16.6. The van der Waals surface area contributed by atoms with E-state index >= 15 is 0 Å². The first kappa shape index (κ1) is 18.3. The molecule has 8 heteroatoms. The number of nitrogens with zero attached hydrogens (tertiary/aromatic N) is 3. The summed E-state index contributed by atoms with van der Waals surface area (Å²) < 4.78 is 5.80. The van der Waals surface area contributed by atoms with E-state index in [4.69, 9.17) is 16.3 Å². The summed E-state index contributed by atoms with van der Waals surface area (Å²) in [6.45, 7) is 4.06. The number of halogens is 1. The lowest BCUT2D eigenvalue weighted by Gasteiger charge is -2.35. The number of amides is 2. The Morgan fingerprint density at radius 2 is 2.00 bits per heavy atom. The number of thiazole rings is 1. The van der Waals surface area contributed by atoms with E-state index in [-0.39, 0.29) is 11.8 Å². The van der Waals surface area contributed by atoms with Gasteiger partial charge in [-0.2, -0.15) is 0 Å². The number of carbonyl (C=O) groups is 2. The molecule has 142 valence electrons. The van der Waals surface area contributed by atoms with Crippen molar-refractivity contribution >= 4 is 34.8 Å². The first-order chi connectivity index (χ1) is 13.0. The summed E-state index contributed by atoms with van der Waals surface area (Å²) >= 11 is 7.52. The summed E-state index contributed by atoms with van der Waals surface area (Å²) in [6, 6.07) is 5.42. The number of rotatable bonds is 3. The van der Waals surface area contributed by atoms with E-state index < -0.39 is 6.10 Å². The van der Waals surface area contributed by atoms with E-state index in [9.17, 15) is 9.59 Å². The zero-order valence-electron chi connectivity index (χ0n) is 15.0. The normalized spacial score (nSPS) is 19.0. The summed E-state index contributed by atoms with van der Waals surface area (Å²) in [4.78, 5) is 33.2. The summed E-state index contributed by atoms with van der Waals surface area (Å²) in [5.74, 6) is 0.769. The fourth-order valence-corrected chi connectivity index (χ4v) is 4.42. The second-order valence-electron chi connectivity index (χ2n) is 6.83. The first-order valence-electron chi connectivity index (χ1n) is 8.92. The van der Waals surface area contributed by atoms with Crippen molar-refractivity contribution in [1.82, 2.24) is 14.8 Å². The lowest BCUT2D eigenvalue weighted by Crippen LogP contribution is -2.53. The van der Waals surface area contributed by atoms with E-state index in [1.165, 1.54) is 11.3 Å². The highest BCUT2D eigenvalue weighted by molar-refractivity contribution is 7.09. The number of hydrogen-bond donors (Lipinski definition) is 0. The molecule has 2 aliphatic rings. The number of fused-ring (bicyclic) bond motifs is 1. The quantitative estimate of drug-likeness (QED) is 0.786. The van der Waals surface area contributed by atoms with Crippen LogP contribution in [-0.4, -0.2) is 58.9 Å². The summed E-state index contributed by atoms with van der Waals surface area (Å²) in [7, 11) is 0. The molecule has 1 aromatic carbocycles. The van der Waals surface area contributed by atoms with Gasteiger partial charge in [-0.1, -0.05) is 11.6 Å². The van der Waals surface area contributed by atoms with Crippen molar-refractivity contribution in [3.05, 3.63) is 44.9 Å². The molecule has 1 aromatic heterocycles. The molecule has 0 saturated carbocycles. The van der Waals surface area contributed by atoms with Crippen molar-refractivity contribution in [2.45, 2.75) is 25.9 Å². The first-order valence-corrected chi connectivity index (χ1v) is 10.2. The van der Waals surface area contributed by atoms with Gasteiger partial charge in [0, 0.05) is 48.7 Å². The highest BCUT2D eigenvalue weighted by atomic mass is 35.5. The van der Waals surface area contributed by atoms with E-state index in [1.54, 1.807) is 11.0 Å². The second-order valence-corrected chi connectivity index (χ2v) is 8.21. The van der Waals surface area contributed by atoms with E-state index in [0.717, 1.165) is 22.0 Å². The number of benzene rings is 1. The maximum Gasteiger partial charge on any atom is 0.264 e. The van der Waals surface area contributed by atoms with Crippen molar-refractivity contribution in [2.75, 3.05) is 26.2 Å². The molecule has 0 radical (unpaired) electrons. The zero-order chi connectivity index (χ0) is 19.0. The minimum absolute atomic E-state index is 0.0232. The Labute approximate surface area is 166 Å². The third kappa shape index (κ3) is 3.94. The molecular weight excluding hydrogens is 386 g/mol. The lowest BCUT2D eigenvalue weighted by atomic mass is 10.1. The Morgan fingerprint density at radius 3 is 2.70 bits per heavy atom. The average molecular weight is 406 g/mol. The van der Waals surface area contributed by atoms with Crippen LogP contribution < -0.4 is 4.74 Å². The van der Waals surface area contributed by atoms with Crippen molar-refractivity contribution in [3.8, 4) is 5.75 Å². The molecule has 1 atom stereocenters. The van der Waals surface area contributed by atoms with Gasteiger partial charge >= 0.3 is 0 Å². The molecule has 3 heterocycles. The van der Waals surface area contributed by atoms with Crippen molar-refractivity contribution in [2.24, 2.45) is 0 Å². The maximum absolute atomic E-state index is 12.8. The van der Waals surface area contributed by atoms with Gasteiger partial charge in [0.25, 0.3) is 5.91 Å². The van der Waals surface area contributed by atoms with Gasteiger partial charge in [0.15, 0.2) is 6.10 Å². The van der Waals surface area contributed by atoms with Crippen LogP contribution in [0, 0.1) is 6.92 Å². The Morgan fingerprint density at radius 1 is 1.26 bits per heavy atom. The number of carbonyl (C=O) groups excluding carboxylic acids is 2. The number of hydrogen-bond acceptors (Lipinski definition) is 5. The van der Waals surface area contributed by atoms with E-state index in [1.807, 2.05) is 29.3 Å². The van der Waals surface area contributed by atoms with Crippen LogP contribution in [0.2, 0.25) is 5.02 Å². The van der Waals surface area contributed by atoms with Gasteiger partial charge in [0.1, 0.15) is 10.8 Å². The number of aryl methyl sites for hydroxylation is 1. The topological polar surface area (TPSA) is 62.7 Å². The molecule has 1 unspecified atom stereocenters. The maximum atomic E-state index is 12.8. The summed E-state index contributed by atoms with van der Waals surface area (Å²) in [6.07, 6.45) is 0.366. The van der Waals surface area contributed by atoms with Crippen LogP contribution in [0.15, 0.2) is 23.6 Å². The highest BCUT2D eigenvalue weighted by Crippen LogP contribution is 2.31. The molecule has 0 aliphatic carbocycles. The molecule has 0 bridgehead atoms. The van der Waals surface area contributed by atoms with Gasteiger partial charge in [-0.25, -0.2) is 4.98 Å². The van der Waals surface area contributed by atoms with Crippen molar-refractivity contribution < 1.29 is 14.3 Å². The van der Waals surface area contributed by atoms with Crippen LogP contribution >= 0.6 is 22.9 Å². The van der Waals surface area contributed by atoms with Gasteiger partial charge in [0.2, 0.25) is 5.91 Å². The number of piperazine rings is 1. The molecule has 2 aromatic rings. The monoisotopic (exact) mass is 405 g/mol. The predicted octanol–water partition coefficient (Wildman–Crippen LogP) is 2.32. The van der Waals surface area contributed by atoms with E-state index in [2.05, 4.69) is 4.98 Å². The SMILES string of the molecule is Cc1csc(CC(=O)N2CCN(C(=O)C3Cc4cc(Cl)ccc4O3)CC2)n1. The molecule has 27 heavy (non-hydrogen) atoms. The molecule has 0 N–H and O–H groups in total. The third-order valence-corrected chi connectivity index (χ3v) is 6.09. The van der Waals surface area contributed by atoms with Crippen LogP contribution in [0.4, 0.5) is 0 Å². The van der Waals surface area contributed by atoms with Crippen LogP contribution in [0.5, 0.6) is 5.75 Å². The number of ether oxygens (including phenoxy) is 1. The van der Waals surface area contributed by atoms with Crippen LogP contribution in [0.25, 0.3) is 0 Å². The fourth-order valence-electron chi connectivity index (χ4n) is 3.46. The number of aromatic nitrogens is 1. The average Bonchev–Trinajstić information content (AvgIpc) is 3.26. The Kier molecular flexibility index (Phi) is 5.06. The Balaban J connectivity index is 1.30. The third-order valence-electron chi connectivity index (χ3n) is 4.89. The van der Waals surface area contributed by atoms with Gasteiger partial charge in [0.05, 0.1) is 6.42 Å². The lowest BCUT2D eigenvalue weighted by molar-refractivity contribution is -0.143. The van der Waals surface area contributed by atoms with Gasteiger partial charge in [-0.15, -0.1) is 11.3 Å². The summed E-state index contributed by atoms with van der Waals surface area (Å²) in [5, 5.41) is 3.44. The Bertz CT molecular complexity index is 877. The summed E-state index contributed by atoms with van der Waals surface area (Å²) in [5.41, 5.74) is 1.91. The highest BCUT2D eigenvalue weighted by Gasteiger charge is 2.34. The van der Waals surface area contributed by atoms with Crippen LogP contribution in [0.1, 0.15) is 16.3 Å². The molecule has 0 spiro atoms. The van der Waals surface area contributed by atoms with Gasteiger partial charge < -0.3 is 14.5 Å². The van der Waals surface area contributed by atoms with E-state index in [0.29, 0.717) is 44.0 Å². The molecular formula is C19H20ClN3O3S. The molecule has 1 fully saturated rings. The molecule has 2 aliphatic heterocycles. The smallest absolute Gasteiger partial charge is 0.264 e. The van der Waals surface area contributed by atoms with Gasteiger partial charge in [-0.05, 0) is 30.7 Å². The van der Waals surface area contributed by atoms with Crippen LogP contribution in [0.3, 0.4) is 0 Å². The molecule has 4 rings (SSSR count). The molecule has 2 amide bonds. The minimum Gasteiger partial charge on any atom is -0.480 e. The predicted molar refractivity (Wildman–Crippen MR) is 103 cm³/mol. The van der Waals surface area contributed by atoms with Gasteiger partial charge in [-0.3, -0.25) is 9.59 Å². The molecule has 1 saturated heterocycles. The second kappa shape index (κ2) is 7.48. The van der Waals surface area contributed by atoms with Crippen molar-refractivity contribution in [3.63, 3.8) is 0 Å². The largest absolute Gasteiger partial charge is 0.480 e. The standard InChI is InChI=1S/C19H20ClN3O3S/c1-12-11-27-17(21-12)10-18(24)22-4-6-23(7-5-22)19(25)16-9-13-8-14(20)2-3-15(13)26-16/h2-3,8,11,16H,4-7,9-10H2,1H3. The fraction of sp³-hybridized carbons (Fsp3) is 0.421. The molecule has 6 nitrogen and oxygen atoms in total. The Hall–Kier alpha value is -2.12. The van der Waals surface area contributed by atoms with Crippen molar-refractivity contribution in [1.29, 1.82) is 0 Å². The minimum atomic E-state index is -0.501.